The second kappa shape index (κ2) is 8.58. The third-order valence-electron chi connectivity index (χ3n) is 4.53. The van der Waals surface area contributed by atoms with Crippen LogP contribution < -0.4 is 0 Å². The molecule has 8 heteroatoms. The molecule has 0 aromatic heterocycles. The highest BCUT2D eigenvalue weighted by Crippen LogP contribution is 2.36. The van der Waals surface area contributed by atoms with E-state index in [1.165, 1.54) is 6.26 Å². The average molecular weight is 436 g/mol. The van der Waals surface area contributed by atoms with Crippen molar-refractivity contribution < 1.29 is 17.9 Å². The normalized spacial score (nSPS) is 21.6. The van der Waals surface area contributed by atoms with Crippen LogP contribution in [-0.2, 0) is 14.6 Å². The molecule has 0 spiro atoms. The number of likely N-dealkylation sites (tertiary alicyclic amines) is 1. The molecule has 0 saturated carbocycles. The number of nitrogens with zero attached hydrogens (tertiary/aromatic N) is 1. The van der Waals surface area contributed by atoms with E-state index in [0.717, 1.165) is 12.0 Å². The Morgan fingerprint density at radius 1 is 1.26 bits per heavy atom. The smallest absolute Gasteiger partial charge is 0.410 e. The Morgan fingerprint density at radius 3 is 2.48 bits per heavy atom. The summed E-state index contributed by atoms with van der Waals surface area (Å²) in [7, 11) is -3.16. The van der Waals surface area contributed by atoms with Crippen molar-refractivity contribution in [3.05, 3.63) is 33.8 Å². The Hall–Kier alpha value is -0.980. The average Bonchev–Trinajstić information content (AvgIpc) is 2.69. The van der Waals surface area contributed by atoms with Crippen LogP contribution in [0, 0.1) is 5.92 Å². The van der Waals surface area contributed by atoms with Crippen molar-refractivity contribution in [1.82, 2.24) is 4.90 Å². The van der Waals surface area contributed by atoms with Crippen LogP contribution in [0.2, 0.25) is 10.0 Å². The lowest BCUT2D eigenvalue weighted by Gasteiger charge is -2.30. The first-order valence-electron chi connectivity index (χ1n) is 8.96. The van der Waals surface area contributed by atoms with Crippen molar-refractivity contribution in [1.29, 1.82) is 0 Å². The van der Waals surface area contributed by atoms with Gasteiger partial charge >= 0.3 is 6.09 Å². The summed E-state index contributed by atoms with van der Waals surface area (Å²) in [6, 6.07) is 5.33. The standard InChI is InChI=1S/C19H27Cl2NO4S/c1-19(2,3)26-18(23)22-9-5-6-14(12-27(4,24)25)15(11-22)13-7-8-16(20)17(21)10-13/h7-8,10,14-15H,5-6,9,11-12H2,1-4H3. The number of hydrogen-bond donors (Lipinski definition) is 0. The van der Waals surface area contributed by atoms with E-state index in [1.54, 1.807) is 17.0 Å². The number of rotatable bonds is 3. The van der Waals surface area contributed by atoms with Crippen molar-refractivity contribution in [3.63, 3.8) is 0 Å². The first-order chi connectivity index (χ1) is 12.4. The van der Waals surface area contributed by atoms with Gasteiger partial charge in [-0.1, -0.05) is 29.3 Å². The van der Waals surface area contributed by atoms with Gasteiger partial charge in [-0.3, -0.25) is 0 Å². The largest absolute Gasteiger partial charge is 0.444 e. The van der Waals surface area contributed by atoms with E-state index in [2.05, 4.69) is 0 Å². The molecule has 1 aromatic carbocycles. The molecule has 1 aliphatic heterocycles. The van der Waals surface area contributed by atoms with Crippen LogP contribution in [0.1, 0.15) is 45.1 Å². The Kier molecular flexibility index (Phi) is 7.09. The summed E-state index contributed by atoms with van der Waals surface area (Å²) in [6.45, 7) is 6.39. The van der Waals surface area contributed by atoms with Gasteiger partial charge in [0.05, 0.1) is 15.8 Å². The molecule has 0 bridgehead atoms. The molecule has 1 amide bonds. The molecular formula is C19H27Cl2NO4S. The van der Waals surface area contributed by atoms with Gasteiger partial charge < -0.3 is 9.64 Å². The molecule has 152 valence electrons. The van der Waals surface area contributed by atoms with Crippen molar-refractivity contribution in [2.75, 3.05) is 25.1 Å². The molecule has 1 aromatic rings. The number of ether oxygens (including phenoxy) is 1. The Bertz CT molecular complexity index is 789. The Morgan fingerprint density at radius 2 is 1.93 bits per heavy atom. The van der Waals surface area contributed by atoms with Crippen LogP contribution >= 0.6 is 23.2 Å². The molecule has 0 radical (unpaired) electrons. The molecule has 1 fully saturated rings. The lowest BCUT2D eigenvalue weighted by Crippen LogP contribution is -2.39. The molecule has 2 rings (SSSR count). The first-order valence-corrected chi connectivity index (χ1v) is 11.8. The highest BCUT2D eigenvalue weighted by molar-refractivity contribution is 7.90. The Labute approximate surface area is 171 Å². The highest BCUT2D eigenvalue weighted by atomic mass is 35.5. The molecular weight excluding hydrogens is 409 g/mol. The van der Waals surface area contributed by atoms with Gasteiger partial charge in [0.15, 0.2) is 0 Å². The topological polar surface area (TPSA) is 63.7 Å². The summed E-state index contributed by atoms with van der Waals surface area (Å²) < 4.78 is 29.4. The minimum atomic E-state index is -3.16. The molecule has 1 aliphatic rings. The van der Waals surface area contributed by atoms with Crippen molar-refractivity contribution in [2.45, 2.75) is 45.1 Å². The SMILES string of the molecule is CC(C)(C)OC(=O)N1CCCC(CS(C)(=O)=O)C(c2ccc(Cl)c(Cl)c2)C1. The molecule has 0 N–H and O–H groups in total. The fraction of sp³-hybridized carbons (Fsp3) is 0.632. The predicted octanol–water partition coefficient (Wildman–Crippen LogP) is 4.77. The van der Waals surface area contributed by atoms with Crippen LogP contribution in [0.25, 0.3) is 0 Å². The van der Waals surface area contributed by atoms with Gasteiger partial charge in [-0.15, -0.1) is 0 Å². The van der Waals surface area contributed by atoms with Gasteiger partial charge in [0.25, 0.3) is 0 Å². The molecule has 1 saturated heterocycles. The highest BCUT2D eigenvalue weighted by Gasteiger charge is 2.34. The summed E-state index contributed by atoms with van der Waals surface area (Å²) in [6.07, 6.45) is 2.29. The van der Waals surface area contributed by atoms with Gasteiger partial charge in [-0.25, -0.2) is 13.2 Å². The second-order valence-electron chi connectivity index (χ2n) is 8.20. The summed E-state index contributed by atoms with van der Waals surface area (Å²) in [5.41, 5.74) is 0.294. The molecule has 0 aliphatic carbocycles. The van der Waals surface area contributed by atoms with Gasteiger partial charge in [0.1, 0.15) is 15.4 Å². The number of halogens is 2. The van der Waals surface area contributed by atoms with E-state index in [1.807, 2.05) is 26.8 Å². The Balaban J connectivity index is 2.35. The van der Waals surface area contributed by atoms with E-state index in [0.29, 0.717) is 29.6 Å². The van der Waals surface area contributed by atoms with E-state index in [9.17, 15) is 13.2 Å². The summed E-state index contributed by atoms with van der Waals surface area (Å²) in [4.78, 5) is 14.3. The first kappa shape index (κ1) is 22.3. The van der Waals surface area contributed by atoms with Gasteiger partial charge in [0, 0.05) is 25.3 Å². The fourth-order valence-corrected chi connectivity index (χ4v) is 4.91. The maximum absolute atomic E-state index is 12.6. The molecule has 2 unspecified atom stereocenters. The maximum Gasteiger partial charge on any atom is 0.410 e. The van der Waals surface area contributed by atoms with Crippen LogP contribution in [-0.4, -0.2) is 50.1 Å². The zero-order valence-electron chi connectivity index (χ0n) is 16.2. The van der Waals surface area contributed by atoms with E-state index in [-0.39, 0.29) is 23.7 Å². The number of hydrogen-bond acceptors (Lipinski definition) is 4. The van der Waals surface area contributed by atoms with Gasteiger partial charge in [-0.05, 0) is 57.2 Å². The predicted molar refractivity (Wildman–Crippen MR) is 109 cm³/mol. The minimum Gasteiger partial charge on any atom is -0.444 e. The lowest BCUT2D eigenvalue weighted by atomic mass is 9.85. The summed E-state index contributed by atoms with van der Waals surface area (Å²) >= 11 is 12.2. The van der Waals surface area contributed by atoms with Crippen LogP contribution in [0.4, 0.5) is 4.79 Å². The van der Waals surface area contributed by atoms with Gasteiger partial charge in [-0.2, -0.15) is 0 Å². The fourth-order valence-electron chi connectivity index (χ4n) is 3.42. The van der Waals surface area contributed by atoms with E-state index in [4.69, 9.17) is 27.9 Å². The van der Waals surface area contributed by atoms with Crippen LogP contribution in [0.15, 0.2) is 18.2 Å². The zero-order valence-corrected chi connectivity index (χ0v) is 18.5. The number of benzene rings is 1. The second-order valence-corrected chi connectivity index (χ2v) is 11.2. The molecule has 5 nitrogen and oxygen atoms in total. The maximum atomic E-state index is 12.6. The van der Waals surface area contributed by atoms with Crippen molar-refractivity contribution in [3.8, 4) is 0 Å². The third kappa shape index (κ3) is 6.84. The number of amides is 1. The quantitative estimate of drug-likeness (QED) is 0.685. The number of sulfone groups is 1. The van der Waals surface area contributed by atoms with Crippen LogP contribution in [0.5, 0.6) is 0 Å². The minimum absolute atomic E-state index is 0.0695. The molecule has 2 atom stereocenters. The summed E-state index contributed by atoms with van der Waals surface area (Å²) in [5.74, 6) is -0.200. The summed E-state index contributed by atoms with van der Waals surface area (Å²) in [5, 5.41) is 0.859. The molecule has 1 heterocycles. The van der Waals surface area contributed by atoms with Crippen molar-refractivity contribution in [2.24, 2.45) is 5.92 Å². The lowest BCUT2D eigenvalue weighted by molar-refractivity contribution is 0.0246. The third-order valence-corrected chi connectivity index (χ3v) is 6.30. The van der Waals surface area contributed by atoms with Crippen LogP contribution in [0.3, 0.4) is 0 Å². The zero-order chi connectivity index (χ0) is 20.4. The van der Waals surface area contributed by atoms with E-state index < -0.39 is 15.4 Å². The molecule has 27 heavy (non-hydrogen) atoms. The van der Waals surface area contributed by atoms with Crippen molar-refractivity contribution >= 4 is 39.1 Å². The number of carbonyl (C=O) groups is 1. The van der Waals surface area contributed by atoms with Gasteiger partial charge in [0.2, 0.25) is 0 Å². The monoisotopic (exact) mass is 435 g/mol. The number of carbonyl (C=O) groups excluding carboxylic acids is 1. The van der Waals surface area contributed by atoms with E-state index >= 15 is 0 Å².